The van der Waals surface area contributed by atoms with Crippen molar-refractivity contribution in [3.05, 3.63) is 23.8 Å². The zero-order chi connectivity index (χ0) is 15.2. The molecule has 114 valence electrons. The summed E-state index contributed by atoms with van der Waals surface area (Å²) in [6.07, 6.45) is 0.799. The smallest absolute Gasteiger partial charge is 0.369 e. The number of imidazole rings is 1. The van der Waals surface area contributed by atoms with Crippen molar-refractivity contribution >= 4 is 28.7 Å². The summed E-state index contributed by atoms with van der Waals surface area (Å²) in [5, 5.41) is 0.585. The monoisotopic (exact) mass is 315 g/mol. The summed E-state index contributed by atoms with van der Waals surface area (Å²) in [6, 6.07) is 3.88. The minimum Gasteiger partial charge on any atom is -0.369 e. The van der Waals surface area contributed by atoms with E-state index in [0.717, 1.165) is 31.4 Å². The van der Waals surface area contributed by atoms with Crippen LogP contribution in [0.25, 0.3) is 11.0 Å². The van der Waals surface area contributed by atoms with Crippen LogP contribution in [0.3, 0.4) is 0 Å². The maximum absolute atomic E-state index is 12.8. The Kier molecular flexibility index (Phi) is 3.55. The highest BCUT2D eigenvalue weighted by atomic mass is 32.2. The van der Waals surface area contributed by atoms with Gasteiger partial charge in [-0.15, -0.1) is 0 Å². The SMILES string of the molecule is CSC1CCC(n2c(N)nc3cc(C(F)(F)F)ccc32)C1. The first kappa shape index (κ1) is 14.6. The molecule has 3 rings (SSSR count). The Morgan fingerprint density at radius 1 is 1.33 bits per heavy atom. The van der Waals surface area contributed by atoms with Crippen LogP contribution in [0.15, 0.2) is 18.2 Å². The number of fused-ring (bicyclic) bond motifs is 1. The summed E-state index contributed by atoms with van der Waals surface area (Å²) in [7, 11) is 0. The molecule has 1 fully saturated rings. The van der Waals surface area contributed by atoms with E-state index in [2.05, 4.69) is 11.2 Å². The largest absolute Gasteiger partial charge is 0.416 e. The Hall–Kier alpha value is -1.37. The van der Waals surface area contributed by atoms with Crippen LogP contribution >= 0.6 is 11.8 Å². The van der Waals surface area contributed by atoms with Gasteiger partial charge in [0.25, 0.3) is 0 Å². The van der Waals surface area contributed by atoms with Gasteiger partial charge in [0, 0.05) is 11.3 Å². The lowest BCUT2D eigenvalue weighted by atomic mass is 10.2. The molecular weight excluding hydrogens is 299 g/mol. The molecule has 0 saturated heterocycles. The predicted octanol–water partition coefficient (Wildman–Crippen LogP) is 4.09. The number of hydrogen-bond acceptors (Lipinski definition) is 3. The van der Waals surface area contributed by atoms with Crippen LogP contribution in [-0.4, -0.2) is 21.1 Å². The number of rotatable bonds is 2. The summed E-state index contributed by atoms with van der Waals surface area (Å²) in [5.41, 5.74) is 6.26. The molecule has 1 aromatic heterocycles. The molecule has 1 heterocycles. The van der Waals surface area contributed by atoms with Crippen LogP contribution in [0.4, 0.5) is 19.1 Å². The van der Waals surface area contributed by atoms with E-state index in [1.807, 2.05) is 16.3 Å². The zero-order valence-electron chi connectivity index (χ0n) is 11.5. The lowest BCUT2D eigenvalue weighted by Crippen LogP contribution is -2.10. The molecule has 1 aromatic carbocycles. The molecule has 2 N–H and O–H groups in total. The van der Waals surface area contributed by atoms with Gasteiger partial charge in [0.1, 0.15) is 0 Å². The third kappa shape index (κ3) is 2.59. The first-order valence-corrected chi connectivity index (χ1v) is 8.06. The first-order chi connectivity index (χ1) is 9.90. The van der Waals surface area contributed by atoms with Crippen molar-refractivity contribution in [2.75, 3.05) is 12.0 Å². The van der Waals surface area contributed by atoms with Crippen LogP contribution in [0.1, 0.15) is 30.9 Å². The summed E-state index contributed by atoms with van der Waals surface area (Å²) >= 11 is 1.83. The maximum Gasteiger partial charge on any atom is 0.416 e. The number of benzene rings is 1. The van der Waals surface area contributed by atoms with Crippen molar-refractivity contribution in [3.63, 3.8) is 0 Å². The van der Waals surface area contributed by atoms with Crippen LogP contribution < -0.4 is 5.73 Å². The molecule has 3 nitrogen and oxygen atoms in total. The summed E-state index contributed by atoms with van der Waals surface area (Å²) in [4.78, 5) is 4.12. The average Bonchev–Trinajstić information content (AvgIpc) is 2.99. The number of anilines is 1. The van der Waals surface area contributed by atoms with Crippen LogP contribution in [0.5, 0.6) is 0 Å². The minimum atomic E-state index is -4.36. The highest BCUT2D eigenvalue weighted by Gasteiger charge is 2.32. The minimum absolute atomic E-state index is 0.226. The number of nitrogens with zero attached hydrogens (tertiary/aromatic N) is 2. The van der Waals surface area contributed by atoms with Crippen molar-refractivity contribution in [2.24, 2.45) is 0 Å². The molecule has 2 unspecified atom stereocenters. The van der Waals surface area contributed by atoms with Gasteiger partial charge in [0.2, 0.25) is 5.95 Å². The van der Waals surface area contributed by atoms with Crippen molar-refractivity contribution in [2.45, 2.75) is 36.7 Å². The lowest BCUT2D eigenvalue weighted by molar-refractivity contribution is -0.137. The van der Waals surface area contributed by atoms with E-state index < -0.39 is 11.7 Å². The van der Waals surface area contributed by atoms with Gasteiger partial charge in [-0.05, 0) is 43.7 Å². The number of aromatic nitrogens is 2. The van der Waals surface area contributed by atoms with Gasteiger partial charge in [0.15, 0.2) is 0 Å². The number of halogens is 3. The zero-order valence-corrected chi connectivity index (χ0v) is 12.3. The molecule has 21 heavy (non-hydrogen) atoms. The Balaban J connectivity index is 2.02. The quantitative estimate of drug-likeness (QED) is 0.907. The Bertz CT molecular complexity index is 665. The van der Waals surface area contributed by atoms with Crippen molar-refractivity contribution in [3.8, 4) is 0 Å². The fourth-order valence-corrected chi connectivity index (χ4v) is 3.83. The maximum atomic E-state index is 12.8. The normalized spacial score (nSPS) is 23.0. The van der Waals surface area contributed by atoms with E-state index >= 15 is 0 Å². The Morgan fingerprint density at radius 2 is 2.10 bits per heavy atom. The van der Waals surface area contributed by atoms with E-state index in [1.165, 1.54) is 6.07 Å². The molecular formula is C14H16F3N3S. The standard InChI is InChI=1S/C14H16F3N3S/c1-21-10-4-3-9(7-10)20-12-5-2-8(14(15,16)17)6-11(12)19-13(20)18/h2,5-6,9-10H,3-4,7H2,1H3,(H2,18,19). The molecule has 0 aliphatic heterocycles. The summed E-state index contributed by atoms with van der Waals surface area (Å²) in [5.74, 6) is 0.302. The Labute approximate surface area is 124 Å². The molecule has 7 heteroatoms. The van der Waals surface area contributed by atoms with Gasteiger partial charge in [-0.1, -0.05) is 0 Å². The predicted molar refractivity (Wildman–Crippen MR) is 79.3 cm³/mol. The second kappa shape index (κ2) is 5.12. The summed E-state index contributed by atoms with van der Waals surface area (Å²) < 4.78 is 40.2. The van der Waals surface area contributed by atoms with Gasteiger partial charge in [0.05, 0.1) is 16.6 Å². The van der Waals surface area contributed by atoms with E-state index in [9.17, 15) is 13.2 Å². The fraction of sp³-hybridized carbons (Fsp3) is 0.500. The summed E-state index contributed by atoms with van der Waals surface area (Å²) in [6.45, 7) is 0. The van der Waals surface area contributed by atoms with Gasteiger partial charge in [-0.2, -0.15) is 24.9 Å². The molecule has 2 atom stereocenters. The van der Waals surface area contributed by atoms with Gasteiger partial charge in [-0.25, -0.2) is 4.98 Å². The van der Waals surface area contributed by atoms with Crippen LogP contribution in [-0.2, 0) is 6.18 Å². The van der Waals surface area contributed by atoms with E-state index in [4.69, 9.17) is 5.73 Å². The molecule has 1 aliphatic carbocycles. The van der Waals surface area contributed by atoms with Gasteiger partial charge < -0.3 is 10.3 Å². The molecule has 0 amide bonds. The number of nitrogen functional groups attached to an aromatic ring is 1. The molecule has 2 aromatic rings. The molecule has 1 saturated carbocycles. The van der Waals surface area contributed by atoms with Crippen molar-refractivity contribution < 1.29 is 13.2 Å². The number of alkyl halides is 3. The highest BCUT2D eigenvalue weighted by Crippen LogP contribution is 2.40. The Morgan fingerprint density at radius 3 is 2.71 bits per heavy atom. The third-order valence-electron chi connectivity index (χ3n) is 4.10. The second-order valence-corrected chi connectivity index (χ2v) is 6.50. The first-order valence-electron chi connectivity index (χ1n) is 6.77. The molecule has 0 bridgehead atoms. The highest BCUT2D eigenvalue weighted by molar-refractivity contribution is 7.99. The van der Waals surface area contributed by atoms with Gasteiger partial charge >= 0.3 is 6.18 Å². The number of hydrogen-bond donors (Lipinski definition) is 1. The van der Waals surface area contributed by atoms with Crippen molar-refractivity contribution in [1.82, 2.24) is 9.55 Å². The lowest BCUT2D eigenvalue weighted by Gasteiger charge is -2.15. The van der Waals surface area contributed by atoms with E-state index in [0.29, 0.717) is 22.2 Å². The average molecular weight is 315 g/mol. The molecule has 0 radical (unpaired) electrons. The van der Waals surface area contributed by atoms with Crippen molar-refractivity contribution in [1.29, 1.82) is 0 Å². The topological polar surface area (TPSA) is 43.8 Å². The van der Waals surface area contributed by atoms with Gasteiger partial charge in [-0.3, -0.25) is 0 Å². The number of nitrogens with two attached hydrogens (primary N) is 1. The fourth-order valence-electron chi connectivity index (χ4n) is 3.04. The third-order valence-corrected chi connectivity index (χ3v) is 5.19. The second-order valence-electron chi connectivity index (χ2n) is 5.37. The molecule has 1 aliphatic rings. The van der Waals surface area contributed by atoms with E-state index in [-0.39, 0.29) is 6.04 Å². The van der Waals surface area contributed by atoms with Crippen LogP contribution in [0.2, 0.25) is 0 Å². The van der Waals surface area contributed by atoms with E-state index in [1.54, 1.807) is 0 Å². The molecule has 0 spiro atoms. The number of thioether (sulfide) groups is 1. The van der Waals surface area contributed by atoms with Crippen LogP contribution in [0, 0.1) is 0 Å².